The number of imidazole rings is 1. The van der Waals surface area contributed by atoms with Crippen molar-refractivity contribution in [3.8, 4) is 0 Å². The van der Waals surface area contributed by atoms with E-state index in [1.54, 1.807) is 49.6 Å². The molecule has 0 saturated carbocycles. The quantitative estimate of drug-likeness (QED) is 0.199. The summed E-state index contributed by atoms with van der Waals surface area (Å²) in [4.78, 5) is 37.7. The molecule has 2 N–H and O–H groups in total. The number of benzene rings is 3. The summed E-state index contributed by atoms with van der Waals surface area (Å²) < 4.78 is 26.7. The number of nitrogens with one attached hydrogen (secondary N) is 2. The first-order chi connectivity index (χ1) is 22.7. The fourth-order valence-electron chi connectivity index (χ4n) is 7.89. The number of carbonyl (C=O) groups is 2. The Morgan fingerprint density at radius 2 is 1.98 bits per heavy atom. The lowest BCUT2D eigenvalue weighted by Crippen LogP contribution is -2.53. The van der Waals surface area contributed by atoms with Crippen LogP contribution < -0.4 is 5.32 Å². The number of esters is 1. The molecule has 1 unspecified atom stereocenters. The maximum atomic E-state index is 16.4. The number of ether oxygens (including phenoxy) is 2. The number of halogens is 3. The zero-order valence-corrected chi connectivity index (χ0v) is 27.5. The first-order valence-corrected chi connectivity index (χ1v) is 16.2. The van der Waals surface area contributed by atoms with E-state index < -0.39 is 29.2 Å². The van der Waals surface area contributed by atoms with E-state index in [9.17, 15) is 9.59 Å². The van der Waals surface area contributed by atoms with Crippen molar-refractivity contribution in [1.29, 1.82) is 0 Å². The third kappa shape index (κ3) is 5.08. The number of methoxy groups -OCH3 is 2. The van der Waals surface area contributed by atoms with Crippen molar-refractivity contribution in [3.63, 3.8) is 0 Å². The van der Waals surface area contributed by atoms with E-state index in [0.29, 0.717) is 57.4 Å². The molecule has 1 aromatic heterocycles. The monoisotopic (exact) mass is 674 g/mol. The van der Waals surface area contributed by atoms with E-state index in [2.05, 4.69) is 40.4 Å². The minimum absolute atomic E-state index is 0.0332. The van der Waals surface area contributed by atoms with Crippen LogP contribution in [0.2, 0.25) is 10.0 Å². The van der Waals surface area contributed by atoms with E-state index in [-0.39, 0.29) is 22.9 Å². The van der Waals surface area contributed by atoms with Gasteiger partial charge >= 0.3 is 5.97 Å². The number of hydrogen-bond donors (Lipinski definition) is 2. The van der Waals surface area contributed by atoms with Gasteiger partial charge in [0.2, 0.25) is 5.91 Å². The second kappa shape index (κ2) is 12.2. The number of H-pyrrole nitrogens is 1. The topological polar surface area (TPSA) is 96.5 Å². The summed E-state index contributed by atoms with van der Waals surface area (Å²) in [6, 6.07) is 15.1. The zero-order chi connectivity index (χ0) is 33.0. The summed E-state index contributed by atoms with van der Waals surface area (Å²) >= 11 is 12.9. The number of hydrogen-bond acceptors (Lipinski definition) is 6. The first-order valence-electron chi connectivity index (χ1n) is 15.4. The predicted octanol–water partition coefficient (Wildman–Crippen LogP) is 7.36. The molecule has 242 valence electrons. The summed E-state index contributed by atoms with van der Waals surface area (Å²) in [7, 11) is 2.99. The highest BCUT2D eigenvalue weighted by Gasteiger charge is 2.67. The van der Waals surface area contributed by atoms with Crippen LogP contribution in [-0.2, 0) is 19.8 Å². The molecular formula is C36H33Cl2FN4O4. The summed E-state index contributed by atoms with van der Waals surface area (Å²) in [5.74, 6) is -1.99. The van der Waals surface area contributed by atoms with Gasteiger partial charge in [-0.25, -0.2) is 14.2 Å². The number of likely N-dealkylation sites (tertiary alicyclic amines) is 1. The highest BCUT2D eigenvalue weighted by atomic mass is 35.5. The van der Waals surface area contributed by atoms with Crippen LogP contribution in [0, 0.1) is 11.7 Å². The van der Waals surface area contributed by atoms with Gasteiger partial charge in [-0.3, -0.25) is 9.69 Å². The Morgan fingerprint density at radius 1 is 1.15 bits per heavy atom. The molecule has 11 heteroatoms. The van der Waals surface area contributed by atoms with Crippen LogP contribution in [0.15, 0.2) is 78.4 Å². The van der Waals surface area contributed by atoms with Gasteiger partial charge in [0, 0.05) is 47.8 Å². The largest absolute Gasteiger partial charge is 0.465 e. The number of carbonyl (C=O) groups excluding carboxylic acids is 2. The molecular weight excluding hydrogens is 642 g/mol. The molecule has 1 fully saturated rings. The lowest BCUT2D eigenvalue weighted by Gasteiger charge is -2.41. The minimum atomic E-state index is -1.35. The average Bonchev–Trinajstić information content (AvgIpc) is 3.68. The third-order valence-corrected chi connectivity index (χ3v) is 10.3. The normalized spacial score (nSPS) is 25.3. The molecule has 1 aliphatic carbocycles. The lowest BCUT2D eigenvalue weighted by atomic mass is 9.71. The molecule has 2 aliphatic heterocycles. The highest BCUT2D eigenvalue weighted by molar-refractivity contribution is 6.31. The number of amides is 1. The number of aromatic nitrogens is 2. The van der Waals surface area contributed by atoms with Crippen molar-refractivity contribution >= 4 is 51.8 Å². The van der Waals surface area contributed by atoms with Gasteiger partial charge in [0.15, 0.2) is 0 Å². The molecule has 7 rings (SSSR count). The van der Waals surface area contributed by atoms with E-state index in [4.69, 9.17) is 37.7 Å². The molecule has 1 amide bonds. The van der Waals surface area contributed by atoms with Crippen LogP contribution in [0.1, 0.15) is 52.5 Å². The van der Waals surface area contributed by atoms with Gasteiger partial charge in [-0.15, -0.1) is 0 Å². The third-order valence-electron chi connectivity index (χ3n) is 9.78. The lowest BCUT2D eigenvalue weighted by molar-refractivity contribution is -0.128. The summed E-state index contributed by atoms with van der Waals surface area (Å²) in [5.41, 5.74) is 2.93. The number of nitrogens with zero attached hydrogens (tertiary/aromatic N) is 2. The van der Waals surface area contributed by atoms with E-state index in [1.165, 1.54) is 13.2 Å². The number of aromatic amines is 1. The molecule has 3 aliphatic rings. The number of rotatable bonds is 7. The van der Waals surface area contributed by atoms with Crippen molar-refractivity contribution in [1.82, 2.24) is 14.9 Å². The predicted molar refractivity (Wildman–Crippen MR) is 179 cm³/mol. The molecule has 0 radical (unpaired) electrons. The Bertz CT molecular complexity index is 1980. The molecule has 1 spiro atoms. The molecule has 4 aromatic rings. The maximum absolute atomic E-state index is 16.4. The maximum Gasteiger partial charge on any atom is 0.337 e. The van der Waals surface area contributed by atoms with Crippen LogP contribution in [0.4, 0.5) is 10.1 Å². The Hall–Kier alpha value is -4.02. The Balaban J connectivity index is 1.47. The summed E-state index contributed by atoms with van der Waals surface area (Å²) in [6.07, 6.45) is 7.14. The van der Waals surface area contributed by atoms with Crippen molar-refractivity contribution in [2.75, 3.05) is 32.7 Å². The Morgan fingerprint density at radius 3 is 2.77 bits per heavy atom. The van der Waals surface area contributed by atoms with Crippen LogP contribution in [-0.4, -0.2) is 60.2 Å². The van der Waals surface area contributed by atoms with Gasteiger partial charge in [-0.1, -0.05) is 59.6 Å². The molecule has 5 atom stereocenters. The molecule has 1 saturated heterocycles. The molecule has 8 nitrogen and oxygen atoms in total. The van der Waals surface area contributed by atoms with Crippen LogP contribution in [0.3, 0.4) is 0 Å². The fraction of sp³-hybridized carbons (Fsp3) is 0.306. The zero-order valence-electron chi connectivity index (χ0n) is 26.0. The molecule has 3 heterocycles. The minimum Gasteiger partial charge on any atom is -0.465 e. The summed E-state index contributed by atoms with van der Waals surface area (Å²) in [6.45, 7) is 3.03. The van der Waals surface area contributed by atoms with Crippen molar-refractivity contribution in [2.45, 2.75) is 36.8 Å². The first kappa shape index (κ1) is 31.6. The molecule has 3 aromatic carbocycles. The average molecular weight is 676 g/mol. The number of allylic oxidation sites excluding steroid dienone is 1. The van der Waals surface area contributed by atoms with Crippen molar-refractivity contribution < 1.29 is 23.5 Å². The van der Waals surface area contributed by atoms with Gasteiger partial charge in [0.05, 0.1) is 35.3 Å². The van der Waals surface area contributed by atoms with Crippen molar-refractivity contribution in [2.24, 2.45) is 5.92 Å². The van der Waals surface area contributed by atoms with Crippen LogP contribution in [0.25, 0.3) is 11.0 Å². The second-order valence-electron chi connectivity index (χ2n) is 12.4. The van der Waals surface area contributed by atoms with Crippen LogP contribution in [0.5, 0.6) is 0 Å². The molecule has 0 bridgehead atoms. The Labute approximate surface area is 281 Å². The van der Waals surface area contributed by atoms with Gasteiger partial charge < -0.3 is 19.8 Å². The van der Waals surface area contributed by atoms with Gasteiger partial charge in [-0.05, 0) is 66.8 Å². The molecule has 47 heavy (non-hydrogen) atoms. The van der Waals surface area contributed by atoms with E-state index in [1.807, 2.05) is 6.07 Å². The summed E-state index contributed by atoms with van der Waals surface area (Å²) in [5, 5.41) is 3.54. The van der Waals surface area contributed by atoms with Gasteiger partial charge in [-0.2, -0.15) is 0 Å². The second-order valence-corrected chi connectivity index (χ2v) is 13.2. The van der Waals surface area contributed by atoms with Gasteiger partial charge in [0.25, 0.3) is 0 Å². The number of fused-ring (bicyclic) bond motifs is 3. The fourth-order valence-corrected chi connectivity index (χ4v) is 8.24. The highest BCUT2D eigenvalue weighted by Crippen LogP contribution is 2.62. The van der Waals surface area contributed by atoms with E-state index in [0.717, 1.165) is 12.0 Å². The van der Waals surface area contributed by atoms with E-state index >= 15 is 4.39 Å². The standard InChI is InChI=1S/C36H33Cl2FN4O4/c1-19-30(33-40-27-13-10-22(34(44)47-3)15-29(27)41-33)31(24-8-5-9-26(38)32(24)39)36(25-12-11-23(37)16-28(25)42-35(36)45)43(19)17-20-6-4-7-21(14-20)18-46-2/h4-5,7-16,19-20,30-31H,6,17-18H2,1-3H3,(H,40,41)(H,42,45)/t19-,20?,30+,31-,36+/m0/s1. The Kier molecular flexibility index (Phi) is 8.20. The smallest absolute Gasteiger partial charge is 0.337 e. The van der Waals surface area contributed by atoms with Gasteiger partial charge in [0.1, 0.15) is 17.2 Å². The SMILES string of the molecule is COCC1=CC(CN2[C@@H](C)[C@@H](c3nc4cc(C(=O)OC)ccc4[nH]3)[C@H](c3cccc(Cl)c3F)[C@]23C(=O)Nc2cc(Cl)ccc23)CC=C1. The number of anilines is 1. The van der Waals surface area contributed by atoms with Crippen LogP contribution >= 0.6 is 23.2 Å². The van der Waals surface area contributed by atoms with Crippen molar-refractivity contribution in [3.05, 3.63) is 117 Å².